The molecular formula is C15H20Cl2N2O. The van der Waals surface area contributed by atoms with E-state index in [0.29, 0.717) is 16.6 Å². The summed E-state index contributed by atoms with van der Waals surface area (Å²) in [5.74, 6) is 0.0894. The lowest BCUT2D eigenvalue weighted by atomic mass is 10.0. The Morgan fingerprint density at radius 2 is 2.10 bits per heavy atom. The average molecular weight is 315 g/mol. The number of anilines is 1. The second-order valence-electron chi connectivity index (χ2n) is 5.19. The first-order valence-electron chi connectivity index (χ1n) is 7.05. The van der Waals surface area contributed by atoms with Crippen LogP contribution in [0, 0.1) is 6.92 Å². The van der Waals surface area contributed by atoms with E-state index >= 15 is 0 Å². The Balaban J connectivity index is 2.23. The average Bonchev–Trinajstić information content (AvgIpc) is 2.42. The van der Waals surface area contributed by atoms with Crippen molar-refractivity contribution in [3.63, 3.8) is 0 Å². The summed E-state index contributed by atoms with van der Waals surface area (Å²) in [5.41, 5.74) is 1.64. The second-order valence-corrected chi connectivity index (χ2v) is 6.01. The molecule has 1 N–H and O–H groups in total. The number of piperidine rings is 1. The van der Waals surface area contributed by atoms with E-state index in [-0.39, 0.29) is 11.9 Å². The van der Waals surface area contributed by atoms with Crippen LogP contribution in [0.15, 0.2) is 12.1 Å². The lowest BCUT2D eigenvalue weighted by molar-refractivity contribution is -0.121. The van der Waals surface area contributed by atoms with Gasteiger partial charge in [0, 0.05) is 11.6 Å². The summed E-state index contributed by atoms with van der Waals surface area (Å²) in [7, 11) is 0. The maximum Gasteiger partial charge on any atom is 0.244 e. The van der Waals surface area contributed by atoms with Gasteiger partial charge in [-0.15, -0.1) is 0 Å². The Labute approximate surface area is 130 Å². The number of aryl methyl sites for hydroxylation is 1. The number of benzene rings is 1. The molecule has 110 valence electrons. The van der Waals surface area contributed by atoms with Gasteiger partial charge in [-0.2, -0.15) is 0 Å². The van der Waals surface area contributed by atoms with Gasteiger partial charge in [0.2, 0.25) is 5.91 Å². The molecule has 0 radical (unpaired) electrons. The van der Waals surface area contributed by atoms with Gasteiger partial charge in [-0.3, -0.25) is 4.79 Å². The molecule has 1 atom stereocenters. The third-order valence-electron chi connectivity index (χ3n) is 3.60. The fraction of sp³-hybridized carbons (Fsp3) is 0.533. The summed E-state index contributed by atoms with van der Waals surface area (Å²) in [6.45, 7) is 5.55. The zero-order chi connectivity index (χ0) is 14.7. The molecule has 1 aliphatic heterocycles. The first-order chi connectivity index (χ1) is 9.54. The highest BCUT2D eigenvalue weighted by atomic mass is 35.5. The van der Waals surface area contributed by atoms with E-state index < -0.39 is 0 Å². The SMILES string of the molecule is CCCNC1CCCN(c2cc(Cl)c(C)cc2Cl)C1=O. The van der Waals surface area contributed by atoms with Crippen LogP contribution in [0.1, 0.15) is 31.7 Å². The first-order valence-corrected chi connectivity index (χ1v) is 7.80. The number of hydrogen-bond acceptors (Lipinski definition) is 2. The van der Waals surface area contributed by atoms with E-state index in [2.05, 4.69) is 12.2 Å². The van der Waals surface area contributed by atoms with Crippen molar-refractivity contribution in [1.29, 1.82) is 0 Å². The quantitative estimate of drug-likeness (QED) is 0.916. The van der Waals surface area contributed by atoms with Crippen molar-refractivity contribution in [3.05, 3.63) is 27.7 Å². The monoisotopic (exact) mass is 314 g/mol. The van der Waals surface area contributed by atoms with Gasteiger partial charge in [-0.05, 0) is 50.4 Å². The van der Waals surface area contributed by atoms with Gasteiger partial charge in [0.25, 0.3) is 0 Å². The molecule has 20 heavy (non-hydrogen) atoms. The predicted octanol–water partition coefficient (Wildman–Crippen LogP) is 3.80. The molecule has 1 amide bonds. The van der Waals surface area contributed by atoms with Gasteiger partial charge in [0.05, 0.1) is 16.8 Å². The fourth-order valence-corrected chi connectivity index (χ4v) is 2.94. The number of amides is 1. The number of nitrogens with one attached hydrogen (secondary N) is 1. The number of rotatable bonds is 4. The number of halogens is 2. The minimum atomic E-state index is -0.111. The van der Waals surface area contributed by atoms with Crippen molar-refractivity contribution in [2.24, 2.45) is 0 Å². The van der Waals surface area contributed by atoms with Crippen LogP contribution >= 0.6 is 23.2 Å². The van der Waals surface area contributed by atoms with Crippen LogP contribution in [-0.4, -0.2) is 25.0 Å². The Bertz CT molecular complexity index is 505. The van der Waals surface area contributed by atoms with E-state index in [1.54, 1.807) is 11.0 Å². The van der Waals surface area contributed by atoms with E-state index in [0.717, 1.165) is 37.1 Å². The minimum absolute atomic E-state index is 0.0894. The summed E-state index contributed by atoms with van der Waals surface area (Å²) in [4.78, 5) is 14.3. The number of nitrogens with zero attached hydrogens (tertiary/aromatic N) is 1. The maximum atomic E-state index is 12.5. The third kappa shape index (κ3) is 3.27. The second kappa shape index (κ2) is 6.79. The van der Waals surface area contributed by atoms with Crippen LogP contribution in [0.25, 0.3) is 0 Å². The summed E-state index contributed by atoms with van der Waals surface area (Å²) in [6.07, 6.45) is 2.86. The molecule has 1 heterocycles. The molecule has 0 aliphatic carbocycles. The maximum absolute atomic E-state index is 12.5. The Morgan fingerprint density at radius 1 is 1.35 bits per heavy atom. The van der Waals surface area contributed by atoms with Crippen molar-refractivity contribution < 1.29 is 4.79 Å². The summed E-state index contributed by atoms with van der Waals surface area (Å²) >= 11 is 12.4. The van der Waals surface area contributed by atoms with E-state index in [9.17, 15) is 4.79 Å². The molecule has 3 nitrogen and oxygen atoms in total. The molecule has 0 bridgehead atoms. The van der Waals surface area contributed by atoms with Crippen molar-refractivity contribution in [2.45, 2.75) is 39.2 Å². The van der Waals surface area contributed by atoms with Crippen molar-refractivity contribution in [3.8, 4) is 0 Å². The molecule has 1 aromatic carbocycles. The molecule has 1 fully saturated rings. The normalized spacial score (nSPS) is 19.5. The van der Waals surface area contributed by atoms with E-state index in [1.807, 2.05) is 13.0 Å². The topological polar surface area (TPSA) is 32.3 Å². The van der Waals surface area contributed by atoms with Crippen LogP contribution in [0.2, 0.25) is 10.0 Å². The Kier molecular flexibility index (Phi) is 5.30. The van der Waals surface area contributed by atoms with Gasteiger partial charge >= 0.3 is 0 Å². The summed E-state index contributed by atoms with van der Waals surface area (Å²) in [6, 6.07) is 3.49. The highest BCUT2D eigenvalue weighted by Gasteiger charge is 2.30. The molecule has 5 heteroatoms. The predicted molar refractivity (Wildman–Crippen MR) is 84.9 cm³/mol. The number of hydrogen-bond donors (Lipinski definition) is 1. The zero-order valence-corrected chi connectivity index (χ0v) is 13.4. The minimum Gasteiger partial charge on any atom is -0.310 e. The smallest absolute Gasteiger partial charge is 0.244 e. The van der Waals surface area contributed by atoms with Gasteiger partial charge in [-0.25, -0.2) is 0 Å². The van der Waals surface area contributed by atoms with Crippen molar-refractivity contribution >= 4 is 34.8 Å². The molecule has 0 aromatic heterocycles. The van der Waals surface area contributed by atoms with Crippen LogP contribution < -0.4 is 10.2 Å². The summed E-state index contributed by atoms with van der Waals surface area (Å²) in [5, 5.41) is 4.52. The van der Waals surface area contributed by atoms with E-state index in [1.165, 1.54) is 0 Å². The number of carbonyl (C=O) groups is 1. The Hall–Kier alpha value is -0.770. The molecule has 0 spiro atoms. The van der Waals surface area contributed by atoms with Crippen LogP contribution in [0.4, 0.5) is 5.69 Å². The van der Waals surface area contributed by atoms with Crippen molar-refractivity contribution in [1.82, 2.24) is 5.32 Å². The lowest BCUT2D eigenvalue weighted by Crippen LogP contribution is -2.51. The van der Waals surface area contributed by atoms with Gasteiger partial charge in [0.1, 0.15) is 0 Å². The standard InChI is InChI=1S/C15H20Cl2N2O/c1-3-6-18-13-5-4-7-19(15(13)20)14-9-11(16)10(2)8-12(14)17/h8-9,13,18H,3-7H2,1-2H3. The van der Waals surface area contributed by atoms with Crippen molar-refractivity contribution in [2.75, 3.05) is 18.0 Å². The third-order valence-corrected chi connectivity index (χ3v) is 4.31. The highest BCUT2D eigenvalue weighted by Crippen LogP contribution is 2.33. The van der Waals surface area contributed by atoms with Crippen LogP contribution in [0.5, 0.6) is 0 Å². The van der Waals surface area contributed by atoms with Gasteiger partial charge in [-0.1, -0.05) is 30.1 Å². The molecule has 2 rings (SSSR count). The Morgan fingerprint density at radius 3 is 2.80 bits per heavy atom. The fourth-order valence-electron chi connectivity index (χ4n) is 2.47. The molecule has 1 saturated heterocycles. The number of carbonyl (C=O) groups excluding carboxylic acids is 1. The molecular weight excluding hydrogens is 295 g/mol. The first kappa shape index (κ1) is 15.6. The van der Waals surface area contributed by atoms with E-state index in [4.69, 9.17) is 23.2 Å². The molecule has 1 aliphatic rings. The molecule has 0 saturated carbocycles. The lowest BCUT2D eigenvalue weighted by Gasteiger charge is -2.33. The summed E-state index contributed by atoms with van der Waals surface area (Å²) < 4.78 is 0. The zero-order valence-electron chi connectivity index (χ0n) is 11.9. The largest absolute Gasteiger partial charge is 0.310 e. The van der Waals surface area contributed by atoms with Gasteiger partial charge < -0.3 is 10.2 Å². The van der Waals surface area contributed by atoms with Crippen LogP contribution in [-0.2, 0) is 4.79 Å². The van der Waals surface area contributed by atoms with Crippen LogP contribution in [0.3, 0.4) is 0 Å². The highest BCUT2D eigenvalue weighted by molar-refractivity contribution is 6.36. The molecule has 1 unspecified atom stereocenters. The molecule has 1 aromatic rings. The van der Waals surface area contributed by atoms with Gasteiger partial charge in [0.15, 0.2) is 0 Å².